The Morgan fingerprint density at radius 1 is 0.677 bits per heavy atom. The SMILES string of the molecule is CCN(C(C)C)C(C)C.COc1cc(N)cc(C)c1OC.COc1cc(Nc2ncc(Br)c(Oc3ccccc3)n2)cc(C)c1OC.Clc1ncc(Br)c(Oc2ccccc2)n1.[Cl][Zn][Cl]. The minimum absolute atomic E-state index is 0.157. The van der Waals surface area contributed by atoms with E-state index in [2.05, 4.69) is 96.6 Å². The Morgan fingerprint density at radius 3 is 1.55 bits per heavy atom. The fourth-order valence-electron chi connectivity index (χ4n) is 5.95. The monoisotopic (exact) mass is 1130 g/mol. The number of halogens is 5. The van der Waals surface area contributed by atoms with E-state index in [1.807, 2.05) is 92.7 Å². The maximum atomic E-state index is 5.81. The Kier molecular flexibility index (Phi) is 27.1. The molecule has 19 heteroatoms. The number of methoxy groups -OCH3 is 4. The molecule has 0 aliphatic heterocycles. The van der Waals surface area contributed by atoms with E-state index in [0.29, 0.717) is 73.2 Å². The average molecular weight is 1130 g/mol. The summed E-state index contributed by atoms with van der Waals surface area (Å²) in [6, 6.07) is 27.5. The predicted molar refractivity (Wildman–Crippen MR) is 268 cm³/mol. The molecule has 0 atom stereocenters. The van der Waals surface area contributed by atoms with Gasteiger partial charge in [-0.15, -0.1) is 0 Å². The molecular weight excluding hydrogens is 1080 g/mol. The van der Waals surface area contributed by atoms with Crippen LogP contribution in [0.4, 0.5) is 17.3 Å². The normalized spacial score (nSPS) is 10.0. The van der Waals surface area contributed by atoms with Crippen molar-refractivity contribution in [3.8, 4) is 46.3 Å². The van der Waals surface area contributed by atoms with Gasteiger partial charge in [0.05, 0.1) is 43.6 Å². The molecule has 0 spiro atoms. The van der Waals surface area contributed by atoms with Crippen LogP contribution in [0.3, 0.4) is 0 Å². The van der Waals surface area contributed by atoms with Gasteiger partial charge >= 0.3 is 34.5 Å². The van der Waals surface area contributed by atoms with E-state index in [4.69, 9.17) is 65.1 Å². The molecule has 348 valence electrons. The fourth-order valence-corrected chi connectivity index (χ4v) is 6.62. The van der Waals surface area contributed by atoms with Crippen molar-refractivity contribution < 1.29 is 43.6 Å². The molecule has 6 rings (SSSR count). The Balaban J connectivity index is 0.000000317. The first kappa shape index (κ1) is 57.0. The van der Waals surface area contributed by atoms with E-state index >= 15 is 0 Å². The first-order chi connectivity index (χ1) is 31.0. The molecule has 13 nitrogen and oxygen atoms in total. The molecule has 0 saturated carbocycles. The number of hydrogen-bond donors (Lipinski definition) is 2. The molecule has 65 heavy (non-hydrogen) atoms. The van der Waals surface area contributed by atoms with Crippen molar-refractivity contribution in [2.75, 3.05) is 46.0 Å². The van der Waals surface area contributed by atoms with E-state index < -0.39 is 15.1 Å². The van der Waals surface area contributed by atoms with Crippen molar-refractivity contribution in [3.05, 3.63) is 123 Å². The fraction of sp³-hybridized carbons (Fsp3) is 0.304. The summed E-state index contributed by atoms with van der Waals surface area (Å²) >= 11 is 11.4. The van der Waals surface area contributed by atoms with Crippen LogP contribution < -0.4 is 39.5 Å². The third-order valence-corrected chi connectivity index (χ3v) is 9.88. The van der Waals surface area contributed by atoms with E-state index in [9.17, 15) is 0 Å². The number of nitrogens with one attached hydrogen (secondary N) is 1. The summed E-state index contributed by atoms with van der Waals surface area (Å²) < 4.78 is 33.6. The number of anilines is 3. The summed E-state index contributed by atoms with van der Waals surface area (Å²) in [5, 5.41) is 3.32. The van der Waals surface area contributed by atoms with Gasteiger partial charge < -0.3 is 39.5 Å². The van der Waals surface area contributed by atoms with Crippen molar-refractivity contribution in [2.24, 2.45) is 0 Å². The molecule has 0 bridgehead atoms. The van der Waals surface area contributed by atoms with Crippen LogP contribution in [0.1, 0.15) is 45.7 Å². The third-order valence-electron chi connectivity index (χ3n) is 8.61. The van der Waals surface area contributed by atoms with Crippen LogP contribution in [0.5, 0.6) is 46.3 Å². The van der Waals surface area contributed by atoms with Crippen LogP contribution in [0, 0.1) is 13.8 Å². The van der Waals surface area contributed by atoms with Gasteiger partial charge in [-0.2, -0.15) is 9.97 Å². The molecule has 2 aromatic heterocycles. The van der Waals surface area contributed by atoms with Crippen LogP contribution >= 0.6 is 62.8 Å². The molecule has 0 aliphatic carbocycles. The molecule has 0 amide bonds. The second kappa shape index (κ2) is 30.9. The molecule has 0 fully saturated rings. The predicted octanol–water partition coefficient (Wildman–Crippen LogP) is 13.9. The van der Waals surface area contributed by atoms with Crippen LogP contribution in [-0.2, 0) is 15.1 Å². The summed E-state index contributed by atoms with van der Waals surface area (Å²) in [5.41, 5.74) is 9.01. The van der Waals surface area contributed by atoms with Gasteiger partial charge in [-0.3, -0.25) is 4.90 Å². The second-order valence-electron chi connectivity index (χ2n) is 13.8. The van der Waals surface area contributed by atoms with E-state index in [1.165, 1.54) is 0 Å². The second-order valence-corrected chi connectivity index (χ2v) is 20.5. The molecule has 4 aromatic carbocycles. The molecular formula is C46H56Br2Cl3N7O6Zn. The maximum absolute atomic E-state index is 5.81. The van der Waals surface area contributed by atoms with Gasteiger partial charge in [-0.1, -0.05) is 43.3 Å². The first-order valence-corrected chi connectivity index (χ1v) is 29.8. The van der Waals surface area contributed by atoms with Crippen LogP contribution in [-0.4, -0.2) is 71.9 Å². The standard InChI is InChI=1S/C19H18BrN3O3.C10H6BrClN2O.C9H13NO2.C8H19N.2ClH.Zn/c1-12-9-13(10-16(24-2)17(12)25-3)22-19-21-11-15(20)18(23-19)26-14-7-5-4-6-8-14;11-8-6-13-10(12)14-9(8)15-7-4-2-1-3-5-7;1-6-4-7(10)5-8(11-2)9(6)12-3;1-6-9(7(2)3)8(4)5;;;/h4-11H,1-3H3,(H,21,22,23);1-6H;4-5H,10H2,1-3H3;7-8H,6H2,1-5H3;2*1H;/q;;;;;;+2/p-2. The Bertz CT molecular complexity index is 2300. The summed E-state index contributed by atoms with van der Waals surface area (Å²) in [6.07, 6.45) is 3.19. The third kappa shape index (κ3) is 20.1. The number of ether oxygens (including phenoxy) is 6. The quantitative estimate of drug-likeness (QED) is 0.0643. The van der Waals surface area contributed by atoms with Crippen LogP contribution in [0.15, 0.2) is 106 Å². The van der Waals surface area contributed by atoms with E-state index in [-0.39, 0.29) is 5.28 Å². The van der Waals surface area contributed by atoms with Gasteiger partial charge in [0.25, 0.3) is 0 Å². The van der Waals surface area contributed by atoms with Gasteiger partial charge in [0.2, 0.25) is 23.0 Å². The molecule has 0 saturated heterocycles. The van der Waals surface area contributed by atoms with Crippen molar-refractivity contribution in [1.29, 1.82) is 0 Å². The summed E-state index contributed by atoms with van der Waals surface area (Å²) in [7, 11) is 16.3. The Morgan fingerprint density at radius 2 is 1.12 bits per heavy atom. The van der Waals surface area contributed by atoms with Gasteiger partial charge in [0.15, 0.2) is 23.0 Å². The number of nitrogens with two attached hydrogens (primary N) is 1. The number of benzene rings is 4. The van der Waals surface area contributed by atoms with Crippen molar-refractivity contribution in [3.63, 3.8) is 0 Å². The van der Waals surface area contributed by atoms with E-state index in [0.717, 1.165) is 29.1 Å². The van der Waals surface area contributed by atoms with Crippen molar-refractivity contribution >= 4 is 80.2 Å². The molecule has 0 unspecified atom stereocenters. The minimum atomic E-state index is -0.931. The number of aryl methyl sites for hydroxylation is 2. The van der Waals surface area contributed by atoms with Gasteiger partial charge in [-0.25, -0.2) is 9.97 Å². The number of hydrogen-bond acceptors (Lipinski definition) is 13. The number of para-hydroxylation sites is 2. The molecule has 6 aromatic rings. The molecule has 0 radical (unpaired) electrons. The number of nitrogen functional groups attached to an aromatic ring is 1. The van der Waals surface area contributed by atoms with Gasteiger partial charge in [0, 0.05) is 41.8 Å². The average Bonchev–Trinajstić information content (AvgIpc) is 3.27. The first-order valence-electron chi connectivity index (χ1n) is 20.1. The zero-order valence-corrected chi connectivity index (χ0v) is 46.9. The van der Waals surface area contributed by atoms with Gasteiger partial charge in [0.1, 0.15) is 11.5 Å². The van der Waals surface area contributed by atoms with Crippen LogP contribution in [0.25, 0.3) is 0 Å². The van der Waals surface area contributed by atoms with Crippen LogP contribution in [0.2, 0.25) is 5.28 Å². The van der Waals surface area contributed by atoms with Crippen molar-refractivity contribution in [1.82, 2.24) is 24.8 Å². The number of nitrogens with zero attached hydrogens (tertiary/aromatic N) is 5. The summed E-state index contributed by atoms with van der Waals surface area (Å²) in [4.78, 5) is 18.9. The number of aromatic nitrogens is 4. The summed E-state index contributed by atoms with van der Waals surface area (Å²) in [5.74, 6) is 5.38. The summed E-state index contributed by atoms with van der Waals surface area (Å²) in [6.45, 7) is 16.2. The van der Waals surface area contributed by atoms with Gasteiger partial charge in [-0.05, 0) is 139 Å². The zero-order valence-electron chi connectivity index (χ0n) is 38.5. The van der Waals surface area contributed by atoms with Crippen molar-refractivity contribution in [2.45, 2.75) is 60.5 Å². The Labute approximate surface area is 421 Å². The molecule has 0 aliphatic rings. The number of rotatable bonds is 13. The van der Waals surface area contributed by atoms with E-state index in [1.54, 1.807) is 46.9 Å². The molecule has 3 N–H and O–H groups in total. The Hall–Kier alpha value is -4.15. The molecule has 2 heterocycles. The zero-order chi connectivity index (χ0) is 48.5. The topological polar surface area (TPSA) is 148 Å².